The second kappa shape index (κ2) is 6.08. The quantitative estimate of drug-likeness (QED) is 0.676. The molecule has 0 aromatic carbocycles. The van der Waals surface area contributed by atoms with Crippen molar-refractivity contribution in [3.8, 4) is 0 Å². The summed E-state index contributed by atoms with van der Waals surface area (Å²) in [5.74, 6) is 0.0521. The topological polar surface area (TPSA) is 44.4 Å². The second-order valence-corrected chi connectivity index (χ2v) is 4.98. The van der Waals surface area contributed by atoms with Crippen molar-refractivity contribution in [3.05, 3.63) is 0 Å². The summed E-state index contributed by atoms with van der Waals surface area (Å²) >= 11 is 0. The van der Waals surface area contributed by atoms with Gasteiger partial charge in [0.2, 0.25) is 5.91 Å². The van der Waals surface area contributed by atoms with Crippen LogP contribution in [0.3, 0.4) is 0 Å². The molecule has 4 heteroatoms. The standard InChI is InChI=1S/C11H25N3O/c1-9(2)13-10(15)11(3,4)12-7-8-14(5)6/h9,12H,7-8H2,1-6H3,(H,13,15). The Morgan fingerprint density at radius 3 is 2.27 bits per heavy atom. The number of rotatable bonds is 6. The monoisotopic (exact) mass is 215 g/mol. The predicted molar refractivity (Wildman–Crippen MR) is 63.9 cm³/mol. The van der Waals surface area contributed by atoms with Crippen LogP contribution in [-0.2, 0) is 4.79 Å². The number of hydrogen-bond acceptors (Lipinski definition) is 3. The van der Waals surface area contributed by atoms with Gasteiger partial charge >= 0.3 is 0 Å². The van der Waals surface area contributed by atoms with E-state index in [1.165, 1.54) is 0 Å². The number of carbonyl (C=O) groups is 1. The first-order chi connectivity index (χ1) is 6.75. The van der Waals surface area contributed by atoms with Gasteiger partial charge in [0.05, 0.1) is 5.54 Å². The molecule has 0 bridgehead atoms. The SMILES string of the molecule is CC(C)NC(=O)C(C)(C)NCCN(C)C. The summed E-state index contributed by atoms with van der Waals surface area (Å²) in [6.07, 6.45) is 0. The fourth-order valence-corrected chi connectivity index (χ4v) is 1.11. The van der Waals surface area contributed by atoms with Gasteiger partial charge in [-0.05, 0) is 41.8 Å². The minimum atomic E-state index is -0.500. The van der Waals surface area contributed by atoms with E-state index in [1.807, 2.05) is 41.8 Å². The van der Waals surface area contributed by atoms with Crippen molar-refractivity contribution in [2.75, 3.05) is 27.2 Å². The van der Waals surface area contributed by atoms with Crippen molar-refractivity contribution >= 4 is 5.91 Å². The van der Waals surface area contributed by atoms with Crippen LogP contribution in [0, 0.1) is 0 Å². The Labute approximate surface area is 93.4 Å². The van der Waals surface area contributed by atoms with Crippen LogP contribution in [0.5, 0.6) is 0 Å². The summed E-state index contributed by atoms with van der Waals surface area (Å²) < 4.78 is 0. The maximum atomic E-state index is 11.8. The van der Waals surface area contributed by atoms with E-state index in [4.69, 9.17) is 0 Å². The number of hydrogen-bond donors (Lipinski definition) is 2. The number of nitrogens with zero attached hydrogens (tertiary/aromatic N) is 1. The lowest BCUT2D eigenvalue weighted by Gasteiger charge is -2.27. The zero-order valence-electron chi connectivity index (χ0n) is 10.8. The van der Waals surface area contributed by atoms with Crippen LogP contribution < -0.4 is 10.6 Å². The predicted octanol–water partition coefficient (Wildman–Crippen LogP) is 0.441. The Morgan fingerprint density at radius 2 is 1.87 bits per heavy atom. The van der Waals surface area contributed by atoms with Gasteiger partial charge in [0.1, 0.15) is 0 Å². The highest BCUT2D eigenvalue weighted by Crippen LogP contribution is 2.02. The molecule has 0 unspecified atom stereocenters. The Balaban J connectivity index is 3.99. The van der Waals surface area contributed by atoms with Gasteiger partial charge in [0, 0.05) is 19.1 Å². The molecule has 0 saturated heterocycles. The van der Waals surface area contributed by atoms with Crippen LogP contribution in [0.4, 0.5) is 0 Å². The maximum Gasteiger partial charge on any atom is 0.239 e. The highest BCUT2D eigenvalue weighted by molar-refractivity contribution is 5.85. The fourth-order valence-electron chi connectivity index (χ4n) is 1.11. The molecular formula is C11H25N3O. The highest BCUT2D eigenvalue weighted by Gasteiger charge is 2.26. The van der Waals surface area contributed by atoms with Crippen molar-refractivity contribution in [2.24, 2.45) is 0 Å². The minimum Gasteiger partial charge on any atom is -0.352 e. The van der Waals surface area contributed by atoms with Gasteiger partial charge < -0.3 is 15.5 Å². The molecule has 0 rings (SSSR count). The van der Waals surface area contributed by atoms with Gasteiger partial charge in [-0.15, -0.1) is 0 Å². The molecule has 0 radical (unpaired) electrons. The third kappa shape index (κ3) is 6.47. The van der Waals surface area contributed by atoms with Gasteiger partial charge in [0.15, 0.2) is 0 Å². The van der Waals surface area contributed by atoms with Crippen molar-refractivity contribution in [1.82, 2.24) is 15.5 Å². The van der Waals surface area contributed by atoms with E-state index in [0.29, 0.717) is 0 Å². The zero-order chi connectivity index (χ0) is 12.1. The number of likely N-dealkylation sites (N-methyl/N-ethyl adjacent to an activating group) is 1. The Hall–Kier alpha value is -0.610. The summed E-state index contributed by atoms with van der Waals surface area (Å²) in [5.41, 5.74) is -0.500. The van der Waals surface area contributed by atoms with Crippen LogP contribution in [0.25, 0.3) is 0 Å². The van der Waals surface area contributed by atoms with E-state index in [1.54, 1.807) is 0 Å². The number of nitrogens with one attached hydrogen (secondary N) is 2. The first-order valence-electron chi connectivity index (χ1n) is 5.46. The van der Waals surface area contributed by atoms with E-state index in [-0.39, 0.29) is 11.9 Å². The molecule has 0 spiro atoms. The molecular weight excluding hydrogens is 190 g/mol. The molecule has 0 heterocycles. The second-order valence-electron chi connectivity index (χ2n) is 4.98. The summed E-state index contributed by atoms with van der Waals surface area (Å²) in [4.78, 5) is 13.9. The molecule has 0 atom stereocenters. The molecule has 4 nitrogen and oxygen atoms in total. The largest absolute Gasteiger partial charge is 0.352 e. The van der Waals surface area contributed by atoms with Crippen molar-refractivity contribution < 1.29 is 4.79 Å². The molecule has 0 aromatic heterocycles. The van der Waals surface area contributed by atoms with E-state index < -0.39 is 5.54 Å². The molecule has 0 aromatic rings. The van der Waals surface area contributed by atoms with E-state index in [0.717, 1.165) is 13.1 Å². The van der Waals surface area contributed by atoms with Crippen LogP contribution >= 0.6 is 0 Å². The smallest absolute Gasteiger partial charge is 0.239 e. The zero-order valence-corrected chi connectivity index (χ0v) is 10.8. The number of amides is 1. The lowest BCUT2D eigenvalue weighted by Crippen LogP contribution is -2.55. The third-order valence-electron chi connectivity index (χ3n) is 2.11. The molecule has 0 fully saturated rings. The Morgan fingerprint density at radius 1 is 1.33 bits per heavy atom. The average molecular weight is 215 g/mol. The van der Waals surface area contributed by atoms with E-state index in [9.17, 15) is 4.79 Å². The van der Waals surface area contributed by atoms with Crippen molar-refractivity contribution in [1.29, 1.82) is 0 Å². The summed E-state index contributed by atoms with van der Waals surface area (Å²) in [5, 5.41) is 6.15. The Bertz CT molecular complexity index is 200. The molecule has 0 aliphatic rings. The molecule has 0 aliphatic carbocycles. The first kappa shape index (κ1) is 14.4. The van der Waals surface area contributed by atoms with Crippen LogP contribution in [-0.4, -0.2) is 49.6 Å². The Kier molecular flexibility index (Phi) is 5.83. The molecule has 0 aliphatic heterocycles. The van der Waals surface area contributed by atoms with E-state index >= 15 is 0 Å². The van der Waals surface area contributed by atoms with Gasteiger partial charge in [-0.2, -0.15) is 0 Å². The third-order valence-corrected chi connectivity index (χ3v) is 2.11. The van der Waals surface area contributed by atoms with Crippen LogP contribution in [0.2, 0.25) is 0 Å². The van der Waals surface area contributed by atoms with E-state index in [2.05, 4.69) is 15.5 Å². The lowest BCUT2D eigenvalue weighted by atomic mass is 10.0. The van der Waals surface area contributed by atoms with Crippen LogP contribution in [0.1, 0.15) is 27.7 Å². The molecule has 15 heavy (non-hydrogen) atoms. The lowest BCUT2D eigenvalue weighted by molar-refractivity contribution is -0.126. The minimum absolute atomic E-state index is 0.0521. The molecule has 1 amide bonds. The van der Waals surface area contributed by atoms with Gasteiger partial charge in [0.25, 0.3) is 0 Å². The van der Waals surface area contributed by atoms with Crippen LogP contribution in [0.15, 0.2) is 0 Å². The summed E-state index contributed by atoms with van der Waals surface area (Å²) in [6, 6.07) is 0.187. The van der Waals surface area contributed by atoms with Gasteiger partial charge in [-0.25, -0.2) is 0 Å². The average Bonchev–Trinajstić information content (AvgIpc) is 2.01. The van der Waals surface area contributed by atoms with Gasteiger partial charge in [-0.1, -0.05) is 0 Å². The molecule has 2 N–H and O–H groups in total. The normalized spacial score (nSPS) is 12.3. The van der Waals surface area contributed by atoms with Crippen molar-refractivity contribution in [3.63, 3.8) is 0 Å². The van der Waals surface area contributed by atoms with Gasteiger partial charge in [-0.3, -0.25) is 4.79 Å². The van der Waals surface area contributed by atoms with Crippen molar-refractivity contribution in [2.45, 2.75) is 39.3 Å². The first-order valence-corrected chi connectivity index (χ1v) is 5.46. The highest BCUT2D eigenvalue weighted by atomic mass is 16.2. The summed E-state index contributed by atoms with van der Waals surface area (Å²) in [7, 11) is 4.03. The number of carbonyl (C=O) groups excluding carboxylic acids is 1. The molecule has 90 valence electrons. The molecule has 0 saturated carbocycles. The maximum absolute atomic E-state index is 11.8. The summed E-state index contributed by atoms with van der Waals surface area (Å²) in [6.45, 7) is 9.48. The fraction of sp³-hybridized carbons (Fsp3) is 0.909.